The van der Waals surface area contributed by atoms with Crippen molar-refractivity contribution in [2.45, 2.75) is 0 Å². The molecule has 0 aliphatic carbocycles. The summed E-state index contributed by atoms with van der Waals surface area (Å²) in [7, 11) is 0. The maximum atomic E-state index is 11.9. The predicted octanol–water partition coefficient (Wildman–Crippen LogP) is 2.99. The van der Waals surface area contributed by atoms with E-state index in [-0.39, 0.29) is 22.3 Å². The largest absolute Gasteiger partial charge is 0.402 e. The number of carbonyl (C=O) groups is 1. The predicted molar refractivity (Wildman–Crippen MR) is 82.9 cm³/mol. The first-order valence-corrected chi connectivity index (χ1v) is 6.79. The normalized spacial score (nSPS) is 15.4. The van der Waals surface area contributed by atoms with Gasteiger partial charge in [-0.1, -0.05) is 17.7 Å². The number of ether oxygens (including phenoxy) is 1. The van der Waals surface area contributed by atoms with E-state index in [1.807, 2.05) is 0 Å². The second-order valence-electron chi connectivity index (χ2n) is 4.55. The van der Waals surface area contributed by atoms with Gasteiger partial charge >= 0.3 is 5.97 Å². The fourth-order valence-electron chi connectivity index (χ4n) is 1.94. The minimum Gasteiger partial charge on any atom is -0.402 e. The number of hydrogen-bond donors (Lipinski definition) is 0. The Labute approximate surface area is 135 Å². The molecular weight excluding hydrogens is 322 g/mol. The molecule has 2 heterocycles. The Morgan fingerprint density at radius 1 is 1.30 bits per heavy atom. The second kappa shape index (κ2) is 5.98. The fraction of sp³-hybridized carbons (Fsp3) is 0. The molecule has 114 valence electrons. The summed E-state index contributed by atoms with van der Waals surface area (Å²) in [5, 5.41) is 10.9. The Kier molecular flexibility index (Phi) is 3.86. The van der Waals surface area contributed by atoms with Crippen LogP contribution in [0.5, 0.6) is 0 Å². The van der Waals surface area contributed by atoms with Crippen LogP contribution in [-0.4, -0.2) is 21.8 Å². The molecule has 1 aromatic heterocycles. The number of nitrogens with zero attached hydrogens (tertiary/aromatic N) is 3. The molecule has 0 saturated heterocycles. The Bertz CT molecular complexity index is 862. The van der Waals surface area contributed by atoms with Gasteiger partial charge in [-0.25, -0.2) is 9.79 Å². The molecular formula is C15H8ClN3O4. The molecule has 0 fully saturated rings. The van der Waals surface area contributed by atoms with Gasteiger partial charge in [-0.05, 0) is 29.8 Å². The second-order valence-corrected chi connectivity index (χ2v) is 4.95. The molecule has 1 aliphatic heterocycles. The van der Waals surface area contributed by atoms with Crippen LogP contribution in [0.15, 0.2) is 53.4 Å². The molecule has 0 saturated carbocycles. The summed E-state index contributed by atoms with van der Waals surface area (Å²) in [6, 6.07) is 7.54. The lowest BCUT2D eigenvalue weighted by molar-refractivity contribution is -0.384. The van der Waals surface area contributed by atoms with Crippen molar-refractivity contribution in [2.75, 3.05) is 0 Å². The number of aromatic nitrogens is 1. The molecule has 3 rings (SSSR count). The zero-order valence-corrected chi connectivity index (χ0v) is 12.2. The fourth-order valence-corrected chi connectivity index (χ4v) is 2.12. The molecule has 7 nitrogen and oxygen atoms in total. The Hall–Kier alpha value is -3.06. The topological polar surface area (TPSA) is 94.7 Å². The third-order valence-electron chi connectivity index (χ3n) is 3.00. The number of benzene rings is 1. The van der Waals surface area contributed by atoms with E-state index in [0.717, 1.165) is 0 Å². The zero-order valence-electron chi connectivity index (χ0n) is 11.5. The zero-order chi connectivity index (χ0) is 16.4. The van der Waals surface area contributed by atoms with E-state index in [4.69, 9.17) is 16.3 Å². The van der Waals surface area contributed by atoms with Gasteiger partial charge < -0.3 is 4.74 Å². The molecule has 8 heteroatoms. The van der Waals surface area contributed by atoms with E-state index in [1.54, 1.807) is 24.5 Å². The molecule has 1 aromatic carbocycles. The molecule has 0 atom stereocenters. The molecule has 1 aliphatic rings. The van der Waals surface area contributed by atoms with Crippen LogP contribution in [0, 0.1) is 10.1 Å². The first kappa shape index (κ1) is 14.9. The third-order valence-corrected chi connectivity index (χ3v) is 3.32. The summed E-state index contributed by atoms with van der Waals surface area (Å²) >= 11 is 5.75. The highest BCUT2D eigenvalue weighted by molar-refractivity contribution is 6.32. The monoisotopic (exact) mass is 329 g/mol. The number of aliphatic imine (C=N–C) groups is 1. The lowest BCUT2D eigenvalue weighted by atomic mass is 10.2. The van der Waals surface area contributed by atoms with E-state index in [1.165, 1.54) is 24.3 Å². The molecule has 0 spiro atoms. The van der Waals surface area contributed by atoms with Gasteiger partial charge in [0.15, 0.2) is 5.70 Å². The Morgan fingerprint density at radius 3 is 2.83 bits per heavy atom. The van der Waals surface area contributed by atoms with Crippen LogP contribution in [0.4, 0.5) is 5.69 Å². The lowest BCUT2D eigenvalue weighted by Crippen LogP contribution is -2.06. The number of carbonyl (C=O) groups excluding carboxylic acids is 1. The van der Waals surface area contributed by atoms with Crippen LogP contribution >= 0.6 is 11.6 Å². The van der Waals surface area contributed by atoms with Gasteiger partial charge in [-0.2, -0.15) is 0 Å². The molecule has 2 aromatic rings. The molecule has 0 N–H and O–H groups in total. The highest BCUT2D eigenvalue weighted by Crippen LogP contribution is 2.27. The Morgan fingerprint density at radius 2 is 2.13 bits per heavy atom. The molecule has 0 bridgehead atoms. The van der Waals surface area contributed by atoms with Crippen LogP contribution in [0.25, 0.3) is 6.08 Å². The van der Waals surface area contributed by atoms with Gasteiger partial charge in [0.05, 0.1) is 4.92 Å². The first-order valence-electron chi connectivity index (χ1n) is 6.41. The Balaban J connectivity index is 1.97. The molecule has 0 radical (unpaired) electrons. The number of nitro groups is 1. The maximum absolute atomic E-state index is 11.9. The van der Waals surface area contributed by atoms with E-state index in [2.05, 4.69) is 9.98 Å². The van der Waals surface area contributed by atoms with Crippen molar-refractivity contribution < 1.29 is 14.5 Å². The number of rotatable bonds is 3. The summed E-state index contributed by atoms with van der Waals surface area (Å²) in [6.07, 6.45) is 4.70. The van der Waals surface area contributed by atoms with Crippen molar-refractivity contribution in [1.82, 2.24) is 4.98 Å². The van der Waals surface area contributed by atoms with E-state index in [9.17, 15) is 14.9 Å². The summed E-state index contributed by atoms with van der Waals surface area (Å²) in [5.41, 5.74) is 0.786. The van der Waals surface area contributed by atoms with Gasteiger partial charge in [0.2, 0.25) is 5.90 Å². The van der Waals surface area contributed by atoms with Crippen LogP contribution in [-0.2, 0) is 9.53 Å². The average molecular weight is 330 g/mol. The molecule has 23 heavy (non-hydrogen) atoms. The van der Waals surface area contributed by atoms with Gasteiger partial charge in [0.25, 0.3) is 5.69 Å². The summed E-state index contributed by atoms with van der Waals surface area (Å²) in [5.74, 6) is -0.647. The summed E-state index contributed by atoms with van der Waals surface area (Å²) in [4.78, 5) is 30.2. The van der Waals surface area contributed by atoms with Crippen LogP contribution in [0.1, 0.15) is 11.1 Å². The van der Waals surface area contributed by atoms with Crippen LogP contribution in [0.2, 0.25) is 5.02 Å². The van der Waals surface area contributed by atoms with Gasteiger partial charge in [0.1, 0.15) is 5.02 Å². The molecule has 0 amide bonds. The standard InChI is InChI=1S/C15H8ClN3O4/c16-11-4-3-10(7-13(11)19(21)22)14-18-12(15(20)23-14)6-9-2-1-5-17-8-9/h1-8H/b12-6-. The summed E-state index contributed by atoms with van der Waals surface area (Å²) in [6.45, 7) is 0. The number of pyridine rings is 1. The number of halogens is 1. The number of esters is 1. The van der Waals surface area contributed by atoms with Gasteiger partial charge in [0, 0.05) is 24.0 Å². The van der Waals surface area contributed by atoms with Crippen molar-refractivity contribution in [1.29, 1.82) is 0 Å². The highest BCUT2D eigenvalue weighted by Gasteiger charge is 2.26. The van der Waals surface area contributed by atoms with Gasteiger partial charge in [-0.3, -0.25) is 15.1 Å². The molecule has 0 unspecified atom stereocenters. The SMILES string of the molecule is O=C1OC(c2ccc(Cl)c([N+](=O)[O-])c2)=N/C1=C\c1cccnc1. The first-order chi connectivity index (χ1) is 11.0. The van der Waals surface area contributed by atoms with Crippen molar-refractivity contribution >= 4 is 35.2 Å². The quantitative estimate of drug-likeness (QED) is 0.373. The van der Waals surface area contributed by atoms with Gasteiger partial charge in [-0.15, -0.1) is 0 Å². The number of nitro benzene ring substituents is 1. The summed E-state index contributed by atoms with van der Waals surface area (Å²) < 4.78 is 5.06. The van der Waals surface area contributed by atoms with E-state index < -0.39 is 10.9 Å². The van der Waals surface area contributed by atoms with Crippen LogP contribution in [0.3, 0.4) is 0 Å². The third kappa shape index (κ3) is 3.09. The number of hydrogen-bond acceptors (Lipinski definition) is 6. The smallest absolute Gasteiger partial charge is 0.363 e. The minimum atomic E-state index is -0.638. The minimum absolute atomic E-state index is 0.00482. The van der Waals surface area contributed by atoms with E-state index >= 15 is 0 Å². The number of cyclic esters (lactones) is 1. The van der Waals surface area contributed by atoms with Crippen molar-refractivity contribution in [3.63, 3.8) is 0 Å². The van der Waals surface area contributed by atoms with Crippen molar-refractivity contribution in [2.24, 2.45) is 4.99 Å². The van der Waals surface area contributed by atoms with Crippen molar-refractivity contribution in [3.05, 3.63) is 74.7 Å². The van der Waals surface area contributed by atoms with Crippen LogP contribution < -0.4 is 0 Å². The highest BCUT2D eigenvalue weighted by atomic mass is 35.5. The maximum Gasteiger partial charge on any atom is 0.363 e. The van der Waals surface area contributed by atoms with Crippen molar-refractivity contribution in [3.8, 4) is 0 Å². The van der Waals surface area contributed by atoms with E-state index in [0.29, 0.717) is 11.1 Å². The lowest BCUT2D eigenvalue weighted by Gasteiger charge is -2.00. The average Bonchev–Trinajstić information content (AvgIpc) is 2.89.